The maximum atomic E-state index is 12.3. The molecule has 6 heteroatoms. The fourth-order valence-corrected chi connectivity index (χ4v) is 1.66. The van der Waals surface area contributed by atoms with Crippen molar-refractivity contribution >= 4 is 5.91 Å². The Morgan fingerprint density at radius 2 is 2.38 bits per heavy atom. The van der Waals surface area contributed by atoms with E-state index in [9.17, 15) is 13.6 Å². The lowest BCUT2D eigenvalue weighted by atomic mass is 10.2. The molecule has 1 amide bonds. The number of morpholine rings is 1. The van der Waals surface area contributed by atoms with E-state index in [1.54, 1.807) is 0 Å². The summed E-state index contributed by atoms with van der Waals surface area (Å²) >= 11 is 0. The van der Waals surface area contributed by atoms with E-state index in [1.165, 1.54) is 4.90 Å². The Balaban J connectivity index is 2.50. The van der Waals surface area contributed by atoms with Crippen LogP contribution in [0.2, 0.25) is 0 Å². The maximum Gasteiger partial charge on any atom is 0.255 e. The van der Waals surface area contributed by atoms with Crippen LogP contribution in [0.5, 0.6) is 0 Å². The zero-order valence-electron chi connectivity index (χ0n) is 9.42. The molecule has 0 bridgehead atoms. The minimum atomic E-state index is -2.49. The van der Waals surface area contributed by atoms with Crippen molar-refractivity contribution in [1.29, 1.82) is 0 Å². The Morgan fingerprint density at radius 1 is 1.62 bits per heavy atom. The normalized spacial score (nSPS) is 21.1. The van der Waals surface area contributed by atoms with E-state index in [0.717, 1.165) is 0 Å². The first-order valence-electron chi connectivity index (χ1n) is 5.54. The third kappa shape index (κ3) is 4.02. The van der Waals surface area contributed by atoms with E-state index in [2.05, 4.69) is 5.32 Å². The van der Waals surface area contributed by atoms with Gasteiger partial charge in [-0.25, -0.2) is 8.78 Å². The lowest BCUT2D eigenvalue weighted by Crippen LogP contribution is -2.50. The first kappa shape index (κ1) is 13.3. The largest absolute Gasteiger partial charge is 0.366 e. The molecule has 16 heavy (non-hydrogen) atoms. The van der Waals surface area contributed by atoms with Gasteiger partial charge in [-0.05, 0) is 6.42 Å². The average molecular weight is 236 g/mol. The van der Waals surface area contributed by atoms with Crippen LogP contribution in [0.15, 0.2) is 0 Å². The number of hydrogen-bond donors (Lipinski definition) is 1. The average Bonchev–Trinajstić information content (AvgIpc) is 2.28. The zero-order chi connectivity index (χ0) is 12.0. The number of rotatable bonds is 5. The molecule has 0 aromatic carbocycles. The predicted octanol–water partition coefficient (Wildman–Crippen LogP) is 0.478. The Hall–Kier alpha value is -0.750. The second kappa shape index (κ2) is 6.75. The van der Waals surface area contributed by atoms with Gasteiger partial charge in [-0.1, -0.05) is 6.92 Å². The van der Waals surface area contributed by atoms with Crippen molar-refractivity contribution in [1.82, 2.24) is 10.2 Å². The molecule has 1 saturated heterocycles. The molecule has 0 spiro atoms. The molecule has 0 aliphatic carbocycles. The van der Waals surface area contributed by atoms with Gasteiger partial charge in [0, 0.05) is 19.6 Å². The molecule has 1 atom stereocenters. The van der Waals surface area contributed by atoms with Crippen LogP contribution >= 0.6 is 0 Å². The molecule has 0 aromatic rings. The Kier molecular flexibility index (Phi) is 5.62. The molecule has 1 fully saturated rings. The molecule has 1 N–H and O–H groups in total. The topological polar surface area (TPSA) is 41.6 Å². The summed E-state index contributed by atoms with van der Waals surface area (Å²) in [5.74, 6) is -0.339. The zero-order valence-corrected chi connectivity index (χ0v) is 9.42. The summed E-state index contributed by atoms with van der Waals surface area (Å²) in [5.41, 5.74) is 0. The standard InChI is InChI=1S/C10H18F2N2O2/c1-2-4-14(7-9(11)12)10(15)8-6-13-3-5-16-8/h8-9,13H,2-7H2,1H3. The first-order valence-corrected chi connectivity index (χ1v) is 5.54. The van der Waals surface area contributed by atoms with Gasteiger partial charge in [0.2, 0.25) is 0 Å². The molecule has 1 rings (SSSR count). The quantitative estimate of drug-likeness (QED) is 0.755. The van der Waals surface area contributed by atoms with E-state index in [4.69, 9.17) is 4.74 Å². The van der Waals surface area contributed by atoms with Gasteiger partial charge in [-0.3, -0.25) is 4.79 Å². The maximum absolute atomic E-state index is 12.3. The summed E-state index contributed by atoms with van der Waals surface area (Å²) in [6.45, 7) is 3.25. The predicted molar refractivity (Wildman–Crippen MR) is 55.5 cm³/mol. The Labute approximate surface area is 93.9 Å². The van der Waals surface area contributed by atoms with Gasteiger partial charge >= 0.3 is 0 Å². The molecule has 0 aromatic heterocycles. The van der Waals surface area contributed by atoms with Crippen molar-refractivity contribution in [3.05, 3.63) is 0 Å². The van der Waals surface area contributed by atoms with Crippen LogP contribution in [0.4, 0.5) is 8.78 Å². The number of nitrogens with one attached hydrogen (secondary N) is 1. The fraction of sp³-hybridized carbons (Fsp3) is 0.900. The number of halogens is 2. The highest BCUT2D eigenvalue weighted by Crippen LogP contribution is 2.06. The number of carbonyl (C=O) groups excluding carboxylic acids is 1. The summed E-state index contributed by atoms with van der Waals surface area (Å²) < 4.78 is 29.8. The lowest BCUT2D eigenvalue weighted by molar-refractivity contribution is -0.147. The van der Waals surface area contributed by atoms with Crippen LogP contribution in [0.1, 0.15) is 13.3 Å². The molecule has 0 radical (unpaired) electrons. The van der Waals surface area contributed by atoms with Crippen molar-refractivity contribution in [3.63, 3.8) is 0 Å². The van der Waals surface area contributed by atoms with Gasteiger partial charge in [-0.2, -0.15) is 0 Å². The third-order valence-corrected chi connectivity index (χ3v) is 2.37. The van der Waals surface area contributed by atoms with E-state index < -0.39 is 19.1 Å². The number of carbonyl (C=O) groups is 1. The molecule has 4 nitrogen and oxygen atoms in total. The molecular weight excluding hydrogens is 218 g/mol. The molecule has 1 aliphatic rings. The second-order valence-corrected chi connectivity index (χ2v) is 3.74. The smallest absolute Gasteiger partial charge is 0.255 e. The van der Waals surface area contributed by atoms with E-state index in [0.29, 0.717) is 32.7 Å². The van der Waals surface area contributed by atoms with Crippen molar-refractivity contribution < 1.29 is 18.3 Å². The van der Waals surface area contributed by atoms with Crippen LogP contribution in [0.25, 0.3) is 0 Å². The Bertz CT molecular complexity index is 221. The monoisotopic (exact) mass is 236 g/mol. The number of hydrogen-bond acceptors (Lipinski definition) is 3. The highest BCUT2D eigenvalue weighted by molar-refractivity contribution is 5.81. The number of alkyl halides is 2. The van der Waals surface area contributed by atoms with Crippen LogP contribution < -0.4 is 5.32 Å². The van der Waals surface area contributed by atoms with Crippen LogP contribution in [0.3, 0.4) is 0 Å². The van der Waals surface area contributed by atoms with Crippen molar-refractivity contribution in [2.45, 2.75) is 25.9 Å². The lowest BCUT2D eigenvalue weighted by Gasteiger charge is -2.29. The highest BCUT2D eigenvalue weighted by Gasteiger charge is 2.27. The van der Waals surface area contributed by atoms with Crippen molar-refractivity contribution in [3.8, 4) is 0 Å². The summed E-state index contributed by atoms with van der Waals surface area (Å²) in [6.07, 6.45) is -2.44. The van der Waals surface area contributed by atoms with Gasteiger partial charge in [0.25, 0.3) is 12.3 Å². The molecule has 1 aliphatic heterocycles. The van der Waals surface area contributed by atoms with Crippen LogP contribution in [0, 0.1) is 0 Å². The van der Waals surface area contributed by atoms with Gasteiger partial charge < -0.3 is 15.0 Å². The minimum absolute atomic E-state index is 0.339. The SMILES string of the molecule is CCCN(CC(F)F)C(=O)C1CNCCO1. The molecule has 1 heterocycles. The summed E-state index contributed by atoms with van der Waals surface area (Å²) in [7, 11) is 0. The molecule has 94 valence electrons. The fourth-order valence-electron chi connectivity index (χ4n) is 1.66. The number of ether oxygens (including phenoxy) is 1. The third-order valence-electron chi connectivity index (χ3n) is 2.37. The van der Waals surface area contributed by atoms with Crippen molar-refractivity contribution in [2.24, 2.45) is 0 Å². The van der Waals surface area contributed by atoms with Crippen LogP contribution in [-0.2, 0) is 9.53 Å². The van der Waals surface area contributed by atoms with E-state index in [-0.39, 0.29) is 5.91 Å². The highest BCUT2D eigenvalue weighted by atomic mass is 19.3. The molecule has 1 unspecified atom stereocenters. The summed E-state index contributed by atoms with van der Waals surface area (Å²) in [6, 6.07) is 0. The van der Waals surface area contributed by atoms with Gasteiger partial charge in [0.05, 0.1) is 13.2 Å². The van der Waals surface area contributed by atoms with Gasteiger partial charge in [0.1, 0.15) is 6.10 Å². The first-order chi connectivity index (χ1) is 7.65. The number of nitrogens with zero attached hydrogens (tertiary/aromatic N) is 1. The van der Waals surface area contributed by atoms with Crippen molar-refractivity contribution in [2.75, 3.05) is 32.8 Å². The van der Waals surface area contributed by atoms with Gasteiger partial charge in [-0.15, -0.1) is 0 Å². The summed E-state index contributed by atoms with van der Waals surface area (Å²) in [4.78, 5) is 13.0. The molecule has 0 saturated carbocycles. The molecular formula is C10H18F2N2O2. The number of amides is 1. The minimum Gasteiger partial charge on any atom is -0.366 e. The Morgan fingerprint density at radius 3 is 2.88 bits per heavy atom. The van der Waals surface area contributed by atoms with E-state index in [1.807, 2.05) is 6.92 Å². The van der Waals surface area contributed by atoms with E-state index >= 15 is 0 Å². The van der Waals surface area contributed by atoms with Crippen LogP contribution in [-0.4, -0.2) is 56.1 Å². The van der Waals surface area contributed by atoms with Gasteiger partial charge in [0.15, 0.2) is 0 Å². The summed E-state index contributed by atoms with van der Waals surface area (Å²) in [5, 5.41) is 3.01. The second-order valence-electron chi connectivity index (χ2n) is 3.74.